The number of carbonyl (C=O) groups is 1. The molecule has 4 heterocycles. The molecule has 0 aromatic carbocycles. The number of nitrogens with zero attached hydrogens (tertiary/aromatic N) is 1. The first-order valence-electron chi connectivity index (χ1n) is 8.85. The van der Waals surface area contributed by atoms with Crippen molar-refractivity contribution in [2.24, 2.45) is 0 Å². The second-order valence-corrected chi connectivity index (χ2v) is 6.95. The van der Waals surface area contributed by atoms with E-state index in [1.54, 1.807) is 0 Å². The molecule has 0 radical (unpaired) electrons. The predicted molar refractivity (Wildman–Crippen MR) is 81.8 cm³/mol. The SMILES string of the molecule is O=C1NCCN1C1CCNC1(C1CCCCO1)C1CCCO1. The van der Waals surface area contributed by atoms with Crippen LogP contribution in [0.1, 0.15) is 38.5 Å². The van der Waals surface area contributed by atoms with Gasteiger partial charge in [0.15, 0.2) is 0 Å². The molecule has 0 spiro atoms. The molecular weight excluding hydrogens is 282 g/mol. The largest absolute Gasteiger partial charge is 0.376 e. The Labute approximate surface area is 131 Å². The normalized spacial score (nSPS) is 42.8. The van der Waals surface area contributed by atoms with Gasteiger partial charge in [0.05, 0.1) is 23.8 Å². The van der Waals surface area contributed by atoms with Gasteiger partial charge in [-0.05, 0) is 45.1 Å². The van der Waals surface area contributed by atoms with Gasteiger partial charge in [-0.15, -0.1) is 0 Å². The zero-order valence-electron chi connectivity index (χ0n) is 13.2. The first-order chi connectivity index (χ1) is 10.8. The molecular formula is C16H27N3O3. The first-order valence-corrected chi connectivity index (χ1v) is 8.85. The van der Waals surface area contributed by atoms with Crippen LogP contribution in [0, 0.1) is 0 Å². The number of nitrogens with one attached hydrogen (secondary N) is 2. The van der Waals surface area contributed by atoms with Crippen molar-refractivity contribution in [2.45, 2.75) is 62.3 Å². The molecule has 6 nitrogen and oxygen atoms in total. The minimum Gasteiger partial charge on any atom is -0.376 e. The molecule has 2 amide bonds. The van der Waals surface area contributed by atoms with Crippen LogP contribution in [-0.4, -0.2) is 67.6 Å². The lowest BCUT2D eigenvalue weighted by molar-refractivity contribution is -0.107. The van der Waals surface area contributed by atoms with E-state index in [1.165, 1.54) is 6.42 Å². The van der Waals surface area contributed by atoms with Gasteiger partial charge in [-0.3, -0.25) is 0 Å². The molecule has 4 fully saturated rings. The molecule has 4 aliphatic rings. The lowest BCUT2D eigenvalue weighted by atomic mass is 9.76. The maximum atomic E-state index is 12.3. The van der Waals surface area contributed by atoms with Crippen LogP contribution in [0.25, 0.3) is 0 Å². The highest BCUT2D eigenvalue weighted by molar-refractivity contribution is 5.76. The minimum atomic E-state index is -0.224. The number of carbonyl (C=O) groups excluding carboxylic acids is 1. The van der Waals surface area contributed by atoms with Crippen LogP contribution in [0.3, 0.4) is 0 Å². The Morgan fingerprint density at radius 3 is 2.41 bits per heavy atom. The molecule has 4 rings (SSSR count). The number of hydrogen-bond donors (Lipinski definition) is 2. The van der Waals surface area contributed by atoms with Crippen molar-refractivity contribution in [1.82, 2.24) is 15.5 Å². The first kappa shape index (κ1) is 14.7. The van der Waals surface area contributed by atoms with E-state index in [0.29, 0.717) is 0 Å². The standard InChI is InChI=1S/C16H27N3O3/c20-15-17-8-9-19(15)12-6-7-18-16(12,14-5-3-11-22-14)13-4-1-2-10-21-13/h12-14,18H,1-11H2,(H,17,20). The van der Waals surface area contributed by atoms with Crippen molar-refractivity contribution < 1.29 is 14.3 Å². The van der Waals surface area contributed by atoms with Crippen molar-refractivity contribution in [2.75, 3.05) is 32.8 Å². The van der Waals surface area contributed by atoms with Crippen LogP contribution < -0.4 is 10.6 Å². The zero-order chi connectivity index (χ0) is 15.0. The van der Waals surface area contributed by atoms with Crippen molar-refractivity contribution in [3.8, 4) is 0 Å². The quantitative estimate of drug-likeness (QED) is 0.812. The van der Waals surface area contributed by atoms with Gasteiger partial charge in [0.2, 0.25) is 0 Å². The third-order valence-electron chi connectivity index (χ3n) is 5.84. The van der Waals surface area contributed by atoms with Gasteiger partial charge in [0.1, 0.15) is 0 Å². The number of hydrogen-bond acceptors (Lipinski definition) is 4. The molecule has 4 aliphatic heterocycles. The average Bonchev–Trinajstić information content (AvgIpc) is 3.28. The van der Waals surface area contributed by atoms with Gasteiger partial charge in [-0.2, -0.15) is 0 Å². The van der Waals surface area contributed by atoms with E-state index in [2.05, 4.69) is 10.6 Å². The lowest BCUT2D eigenvalue weighted by Crippen LogP contribution is -2.69. The Bertz CT molecular complexity index is 421. The molecule has 0 aliphatic carbocycles. The Balaban J connectivity index is 1.66. The van der Waals surface area contributed by atoms with Gasteiger partial charge >= 0.3 is 6.03 Å². The summed E-state index contributed by atoms with van der Waals surface area (Å²) in [7, 11) is 0. The third kappa shape index (κ3) is 2.23. The van der Waals surface area contributed by atoms with Crippen LogP contribution in [0.5, 0.6) is 0 Å². The van der Waals surface area contributed by atoms with Gasteiger partial charge in [0.25, 0.3) is 0 Å². The summed E-state index contributed by atoms with van der Waals surface area (Å²) in [6.45, 7) is 4.16. The Morgan fingerprint density at radius 1 is 1.00 bits per heavy atom. The predicted octanol–water partition coefficient (Wildman–Crippen LogP) is 0.860. The molecule has 124 valence electrons. The Morgan fingerprint density at radius 2 is 1.77 bits per heavy atom. The van der Waals surface area contributed by atoms with Crippen LogP contribution in [-0.2, 0) is 9.47 Å². The number of amides is 2. The zero-order valence-corrected chi connectivity index (χ0v) is 13.2. The van der Waals surface area contributed by atoms with Crippen molar-refractivity contribution >= 4 is 6.03 Å². The second kappa shape index (κ2) is 5.98. The molecule has 0 aromatic rings. The highest BCUT2D eigenvalue weighted by Gasteiger charge is 2.58. The fraction of sp³-hybridized carbons (Fsp3) is 0.938. The Kier molecular flexibility index (Phi) is 4.00. The summed E-state index contributed by atoms with van der Waals surface area (Å²) in [4.78, 5) is 14.3. The molecule has 22 heavy (non-hydrogen) atoms. The topological polar surface area (TPSA) is 62.8 Å². The molecule has 0 bridgehead atoms. The average molecular weight is 309 g/mol. The summed E-state index contributed by atoms with van der Waals surface area (Å²) in [5.74, 6) is 0. The number of ether oxygens (including phenoxy) is 2. The van der Waals surface area contributed by atoms with Gasteiger partial charge in [-0.25, -0.2) is 4.79 Å². The van der Waals surface area contributed by atoms with E-state index < -0.39 is 0 Å². The molecule has 6 heteroatoms. The summed E-state index contributed by atoms with van der Waals surface area (Å²) in [6.07, 6.45) is 6.92. The van der Waals surface area contributed by atoms with Crippen molar-refractivity contribution in [3.05, 3.63) is 0 Å². The smallest absolute Gasteiger partial charge is 0.317 e. The van der Waals surface area contributed by atoms with E-state index in [-0.39, 0.29) is 29.8 Å². The van der Waals surface area contributed by atoms with Crippen LogP contribution in [0.4, 0.5) is 4.79 Å². The lowest BCUT2D eigenvalue weighted by Gasteiger charge is -2.49. The van der Waals surface area contributed by atoms with E-state index in [9.17, 15) is 4.79 Å². The molecule has 4 atom stereocenters. The van der Waals surface area contributed by atoms with Crippen molar-refractivity contribution in [3.63, 3.8) is 0 Å². The summed E-state index contributed by atoms with van der Waals surface area (Å²) >= 11 is 0. The monoisotopic (exact) mass is 309 g/mol. The number of rotatable bonds is 3. The van der Waals surface area contributed by atoms with Gasteiger partial charge in [0, 0.05) is 26.3 Å². The minimum absolute atomic E-state index is 0.0758. The second-order valence-electron chi connectivity index (χ2n) is 6.95. The van der Waals surface area contributed by atoms with E-state index in [4.69, 9.17) is 9.47 Å². The maximum Gasteiger partial charge on any atom is 0.317 e. The summed E-state index contributed by atoms with van der Waals surface area (Å²) < 4.78 is 12.3. The molecule has 0 aromatic heterocycles. The van der Waals surface area contributed by atoms with E-state index >= 15 is 0 Å². The highest BCUT2D eigenvalue weighted by Crippen LogP contribution is 2.41. The molecule has 2 N–H and O–H groups in total. The fourth-order valence-electron chi connectivity index (χ4n) is 4.92. The maximum absolute atomic E-state index is 12.3. The van der Waals surface area contributed by atoms with E-state index in [1.807, 2.05) is 4.90 Å². The van der Waals surface area contributed by atoms with E-state index in [0.717, 1.165) is 65.0 Å². The fourth-order valence-corrected chi connectivity index (χ4v) is 4.92. The van der Waals surface area contributed by atoms with Crippen molar-refractivity contribution in [1.29, 1.82) is 0 Å². The summed E-state index contributed by atoms with van der Waals surface area (Å²) in [5.41, 5.74) is -0.224. The summed E-state index contributed by atoms with van der Waals surface area (Å²) in [5, 5.41) is 6.71. The number of urea groups is 1. The third-order valence-corrected chi connectivity index (χ3v) is 5.84. The van der Waals surface area contributed by atoms with Crippen LogP contribution in [0.15, 0.2) is 0 Å². The molecule has 4 unspecified atom stereocenters. The van der Waals surface area contributed by atoms with Gasteiger partial charge < -0.3 is 25.0 Å². The molecule has 0 saturated carbocycles. The molecule has 4 saturated heterocycles. The van der Waals surface area contributed by atoms with Crippen LogP contribution in [0.2, 0.25) is 0 Å². The Hall–Kier alpha value is -0.850. The van der Waals surface area contributed by atoms with Gasteiger partial charge in [-0.1, -0.05) is 0 Å². The van der Waals surface area contributed by atoms with Crippen LogP contribution >= 0.6 is 0 Å². The highest BCUT2D eigenvalue weighted by atomic mass is 16.5. The summed E-state index contributed by atoms with van der Waals surface area (Å²) in [6, 6.07) is 0.257.